The van der Waals surface area contributed by atoms with Crippen molar-refractivity contribution in [2.24, 2.45) is 17.8 Å². The molecular formula is C23H31F2N. The predicted octanol–water partition coefficient (Wildman–Crippen LogP) is 7.11. The number of benzene rings is 1. The fraction of sp³-hybridized carbons (Fsp3) is 0.696. The van der Waals surface area contributed by atoms with E-state index in [1.54, 1.807) is 12.1 Å². The van der Waals surface area contributed by atoms with E-state index in [-0.39, 0.29) is 11.5 Å². The molecule has 0 atom stereocenters. The zero-order valence-corrected chi connectivity index (χ0v) is 15.9. The summed E-state index contributed by atoms with van der Waals surface area (Å²) >= 11 is 0. The molecule has 2 aliphatic carbocycles. The van der Waals surface area contributed by atoms with Crippen LogP contribution in [0.4, 0.5) is 8.78 Å². The molecule has 3 rings (SSSR count). The van der Waals surface area contributed by atoms with Crippen LogP contribution in [0.25, 0.3) is 0 Å². The Balaban J connectivity index is 1.52. The largest absolute Gasteiger partial charge is 0.203 e. The summed E-state index contributed by atoms with van der Waals surface area (Å²) in [7, 11) is 0. The number of rotatable bonds is 5. The van der Waals surface area contributed by atoms with Gasteiger partial charge >= 0.3 is 0 Å². The fourth-order valence-corrected chi connectivity index (χ4v) is 5.31. The van der Waals surface area contributed by atoms with Crippen molar-refractivity contribution in [3.05, 3.63) is 34.9 Å². The number of hydrogen-bond donors (Lipinski definition) is 0. The molecule has 0 spiro atoms. The highest BCUT2D eigenvalue weighted by molar-refractivity contribution is 5.36. The first-order chi connectivity index (χ1) is 12.6. The Hall–Kier alpha value is -1.43. The monoisotopic (exact) mass is 359 g/mol. The molecular weight excluding hydrogens is 328 g/mol. The molecule has 0 heterocycles. The number of unbranched alkanes of at least 4 members (excludes halogenated alkanes) is 1. The second-order valence-corrected chi connectivity index (χ2v) is 8.48. The molecule has 26 heavy (non-hydrogen) atoms. The molecule has 0 bridgehead atoms. The average molecular weight is 360 g/mol. The molecule has 0 radical (unpaired) electrons. The van der Waals surface area contributed by atoms with Gasteiger partial charge in [-0.15, -0.1) is 0 Å². The zero-order chi connectivity index (χ0) is 18.5. The maximum atomic E-state index is 14.3. The maximum absolute atomic E-state index is 14.3. The van der Waals surface area contributed by atoms with Gasteiger partial charge in [0.05, 0.1) is 5.56 Å². The van der Waals surface area contributed by atoms with E-state index in [1.165, 1.54) is 51.0 Å². The van der Waals surface area contributed by atoms with Crippen LogP contribution in [0.1, 0.15) is 94.6 Å². The molecule has 0 unspecified atom stereocenters. The summed E-state index contributed by atoms with van der Waals surface area (Å²) < 4.78 is 28.2. The van der Waals surface area contributed by atoms with E-state index in [9.17, 15) is 8.78 Å². The van der Waals surface area contributed by atoms with Gasteiger partial charge in [-0.1, -0.05) is 45.1 Å². The third-order valence-corrected chi connectivity index (χ3v) is 6.97. The summed E-state index contributed by atoms with van der Waals surface area (Å²) in [4.78, 5) is 0. The van der Waals surface area contributed by atoms with Gasteiger partial charge in [0.2, 0.25) is 0 Å². The van der Waals surface area contributed by atoms with Gasteiger partial charge in [0.15, 0.2) is 11.6 Å². The molecule has 0 amide bonds. The lowest BCUT2D eigenvalue weighted by Gasteiger charge is -2.38. The fourth-order valence-electron chi connectivity index (χ4n) is 5.31. The van der Waals surface area contributed by atoms with Gasteiger partial charge < -0.3 is 0 Å². The van der Waals surface area contributed by atoms with Crippen LogP contribution >= 0.6 is 0 Å². The van der Waals surface area contributed by atoms with E-state index >= 15 is 0 Å². The quantitative estimate of drug-likeness (QED) is 0.549. The Kier molecular flexibility index (Phi) is 6.68. The molecule has 1 aromatic carbocycles. The minimum atomic E-state index is -0.975. The highest BCUT2D eigenvalue weighted by Crippen LogP contribution is 2.45. The van der Waals surface area contributed by atoms with Crippen LogP contribution in [0.15, 0.2) is 12.1 Å². The molecule has 3 heteroatoms. The highest BCUT2D eigenvalue weighted by Gasteiger charge is 2.32. The lowest BCUT2D eigenvalue weighted by atomic mass is 9.68. The number of nitrogens with zero attached hydrogens (tertiary/aromatic N) is 1. The first kappa shape index (κ1) is 19.3. The van der Waals surface area contributed by atoms with E-state index in [0.717, 1.165) is 43.4 Å². The van der Waals surface area contributed by atoms with E-state index in [1.807, 2.05) is 0 Å². The van der Waals surface area contributed by atoms with E-state index in [2.05, 4.69) is 6.92 Å². The van der Waals surface area contributed by atoms with Gasteiger partial charge in [-0.25, -0.2) is 8.78 Å². The first-order valence-corrected chi connectivity index (χ1v) is 10.5. The zero-order valence-electron chi connectivity index (χ0n) is 15.9. The lowest BCUT2D eigenvalue weighted by molar-refractivity contribution is 0.155. The molecule has 2 saturated carbocycles. The van der Waals surface area contributed by atoms with E-state index in [4.69, 9.17) is 5.26 Å². The van der Waals surface area contributed by atoms with Gasteiger partial charge in [0, 0.05) is 0 Å². The average Bonchev–Trinajstić information content (AvgIpc) is 2.69. The predicted molar refractivity (Wildman–Crippen MR) is 101 cm³/mol. The van der Waals surface area contributed by atoms with E-state index < -0.39 is 11.6 Å². The Bertz CT molecular complexity index is 632. The topological polar surface area (TPSA) is 23.8 Å². The second kappa shape index (κ2) is 8.98. The second-order valence-electron chi connectivity index (χ2n) is 8.48. The number of hydrogen-bond acceptors (Lipinski definition) is 1. The van der Waals surface area contributed by atoms with Crippen molar-refractivity contribution >= 4 is 0 Å². The van der Waals surface area contributed by atoms with Crippen molar-refractivity contribution in [1.82, 2.24) is 0 Å². The van der Waals surface area contributed by atoms with Crippen LogP contribution in [0, 0.1) is 40.7 Å². The number of nitriles is 1. The van der Waals surface area contributed by atoms with Gasteiger partial charge in [0.1, 0.15) is 6.07 Å². The van der Waals surface area contributed by atoms with Crippen LogP contribution in [-0.4, -0.2) is 0 Å². The Morgan fingerprint density at radius 1 is 0.923 bits per heavy atom. The van der Waals surface area contributed by atoms with Crippen molar-refractivity contribution in [3.63, 3.8) is 0 Å². The van der Waals surface area contributed by atoms with Gasteiger partial charge in [0.25, 0.3) is 0 Å². The number of halogens is 2. The Morgan fingerprint density at radius 3 is 2.12 bits per heavy atom. The summed E-state index contributed by atoms with van der Waals surface area (Å²) in [6.07, 6.45) is 13.7. The summed E-state index contributed by atoms with van der Waals surface area (Å²) in [6, 6.07) is 4.77. The van der Waals surface area contributed by atoms with Crippen LogP contribution in [0.2, 0.25) is 0 Å². The van der Waals surface area contributed by atoms with Crippen molar-refractivity contribution in [2.75, 3.05) is 0 Å². The lowest BCUT2D eigenvalue weighted by Crippen LogP contribution is -2.25. The van der Waals surface area contributed by atoms with E-state index in [0.29, 0.717) is 5.56 Å². The molecule has 0 aliphatic heterocycles. The summed E-state index contributed by atoms with van der Waals surface area (Å²) in [5.41, 5.74) is 0.281. The Morgan fingerprint density at radius 2 is 1.54 bits per heavy atom. The van der Waals surface area contributed by atoms with Crippen molar-refractivity contribution in [3.8, 4) is 6.07 Å². The van der Waals surface area contributed by atoms with Crippen LogP contribution in [-0.2, 0) is 0 Å². The SMILES string of the molecule is CCCCC1CCC(C2CCC(c3ccc(C#N)c(F)c3F)CC2)CC1. The molecule has 2 aliphatic rings. The van der Waals surface area contributed by atoms with Crippen LogP contribution in [0.5, 0.6) is 0 Å². The third kappa shape index (κ3) is 4.27. The first-order valence-electron chi connectivity index (χ1n) is 10.5. The molecule has 1 nitrogen and oxygen atoms in total. The molecule has 142 valence electrons. The minimum absolute atomic E-state index is 0.106. The Labute approximate surface area is 156 Å². The van der Waals surface area contributed by atoms with Gasteiger partial charge in [-0.05, 0) is 73.8 Å². The smallest absolute Gasteiger partial charge is 0.176 e. The third-order valence-electron chi connectivity index (χ3n) is 6.97. The van der Waals surface area contributed by atoms with Crippen LogP contribution in [0.3, 0.4) is 0 Å². The maximum Gasteiger partial charge on any atom is 0.176 e. The minimum Gasteiger partial charge on any atom is -0.203 e. The summed E-state index contributed by atoms with van der Waals surface area (Å²) in [5, 5.41) is 8.83. The summed E-state index contributed by atoms with van der Waals surface area (Å²) in [6.45, 7) is 2.27. The van der Waals surface area contributed by atoms with Gasteiger partial charge in [-0.2, -0.15) is 5.26 Å². The molecule has 0 saturated heterocycles. The highest BCUT2D eigenvalue weighted by atomic mass is 19.2. The molecule has 0 aromatic heterocycles. The molecule has 0 N–H and O–H groups in total. The summed E-state index contributed by atoms with van der Waals surface area (Å²) in [5.74, 6) is 0.884. The van der Waals surface area contributed by atoms with Crippen molar-refractivity contribution in [1.29, 1.82) is 5.26 Å². The molecule has 1 aromatic rings. The van der Waals surface area contributed by atoms with Crippen LogP contribution < -0.4 is 0 Å². The standard InChI is InChI=1S/C23H31F2N/c1-2-3-4-16-5-7-17(8-6-16)18-9-11-19(12-10-18)21-14-13-20(15-26)22(24)23(21)25/h13-14,16-19H,2-12H2,1H3. The normalized spacial score (nSPS) is 29.3. The molecule has 2 fully saturated rings. The van der Waals surface area contributed by atoms with Crippen molar-refractivity contribution in [2.45, 2.75) is 83.5 Å². The van der Waals surface area contributed by atoms with Gasteiger partial charge in [-0.3, -0.25) is 0 Å². The van der Waals surface area contributed by atoms with Crippen molar-refractivity contribution < 1.29 is 8.78 Å².